The number of hydrogen-bond donors (Lipinski definition) is 2. The summed E-state index contributed by atoms with van der Waals surface area (Å²) in [6, 6.07) is 8.64. The number of aromatic nitrogens is 3. The Morgan fingerprint density at radius 3 is 3.00 bits per heavy atom. The van der Waals surface area contributed by atoms with E-state index in [0.717, 1.165) is 15.6 Å². The monoisotopic (exact) mass is 284 g/mol. The molecular weight excluding hydrogens is 275 g/mol. The summed E-state index contributed by atoms with van der Waals surface area (Å²) in [5.74, 6) is -0.334. The molecule has 6 heteroatoms. The van der Waals surface area contributed by atoms with Gasteiger partial charge < -0.3 is 5.73 Å². The predicted molar refractivity (Wildman–Crippen MR) is 79.1 cm³/mol. The Hall–Kier alpha value is -2.47. The van der Waals surface area contributed by atoms with Crippen molar-refractivity contribution < 1.29 is 4.39 Å². The average Bonchev–Trinajstić information content (AvgIpc) is 3.03. The van der Waals surface area contributed by atoms with Crippen molar-refractivity contribution in [2.45, 2.75) is 0 Å². The Morgan fingerprint density at radius 1 is 1.20 bits per heavy atom. The van der Waals surface area contributed by atoms with Gasteiger partial charge in [-0.1, -0.05) is 0 Å². The lowest BCUT2D eigenvalue weighted by atomic mass is 10.1. The maximum atomic E-state index is 14.3. The van der Waals surface area contributed by atoms with Gasteiger partial charge in [0.05, 0.1) is 21.2 Å². The van der Waals surface area contributed by atoms with Crippen LogP contribution in [0.15, 0.2) is 35.8 Å². The zero-order chi connectivity index (χ0) is 13.7. The first-order valence-corrected chi connectivity index (χ1v) is 6.87. The number of thiazole rings is 1. The largest absolute Gasteiger partial charge is 0.399 e. The highest BCUT2D eigenvalue weighted by atomic mass is 32.1. The maximum Gasteiger partial charge on any atom is 0.134 e. The maximum absolute atomic E-state index is 14.3. The van der Waals surface area contributed by atoms with Crippen LogP contribution in [0, 0.1) is 5.82 Å². The number of H-pyrrole nitrogens is 1. The molecule has 0 fully saturated rings. The molecular formula is C14H9FN4S. The quantitative estimate of drug-likeness (QED) is 0.525. The summed E-state index contributed by atoms with van der Waals surface area (Å²) in [6.45, 7) is 0. The summed E-state index contributed by atoms with van der Waals surface area (Å²) in [4.78, 5) is 4.11. The van der Waals surface area contributed by atoms with Crippen molar-refractivity contribution in [1.29, 1.82) is 0 Å². The smallest absolute Gasteiger partial charge is 0.134 e. The molecule has 0 aliphatic carbocycles. The highest BCUT2D eigenvalue weighted by Gasteiger charge is 2.14. The first kappa shape index (κ1) is 11.4. The Labute approximate surface area is 117 Å². The van der Waals surface area contributed by atoms with Crippen molar-refractivity contribution in [2.24, 2.45) is 0 Å². The fraction of sp³-hybridized carbons (Fsp3) is 0. The normalized spacial score (nSPS) is 11.4. The van der Waals surface area contributed by atoms with Crippen molar-refractivity contribution in [1.82, 2.24) is 15.2 Å². The van der Waals surface area contributed by atoms with Gasteiger partial charge >= 0.3 is 0 Å². The van der Waals surface area contributed by atoms with E-state index in [1.807, 2.05) is 6.07 Å². The summed E-state index contributed by atoms with van der Waals surface area (Å²) >= 11 is 1.48. The first-order chi connectivity index (χ1) is 9.72. The molecule has 0 amide bonds. The summed E-state index contributed by atoms with van der Waals surface area (Å²) in [7, 11) is 0. The van der Waals surface area contributed by atoms with Gasteiger partial charge in [-0.05, 0) is 24.3 Å². The SMILES string of the molecule is Nc1ccc2[nH]nc(-c3cc4scnc4cc3F)c2c1. The summed E-state index contributed by atoms with van der Waals surface area (Å²) in [5, 5.41) is 7.93. The molecule has 0 spiro atoms. The number of nitrogens with zero attached hydrogens (tertiary/aromatic N) is 2. The van der Waals surface area contributed by atoms with Gasteiger partial charge in [0.2, 0.25) is 0 Å². The van der Waals surface area contributed by atoms with E-state index in [9.17, 15) is 4.39 Å². The Morgan fingerprint density at radius 2 is 2.10 bits per heavy atom. The van der Waals surface area contributed by atoms with E-state index < -0.39 is 0 Å². The zero-order valence-corrected chi connectivity index (χ0v) is 11.0. The molecule has 0 radical (unpaired) electrons. The van der Waals surface area contributed by atoms with Crippen molar-refractivity contribution in [3.8, 4) is 11.3 Å². The van der Waals surface area contributed by atoms with E-state index in [2.05, 4.69) is 15.2 Å². The van der Waals surface area contributed by atoms with Crippen LogP contribution < -0.4 is 5.73 Å². The fourth-order valence-electron chi connectivity index (χ4n) is 2.30. The number of halogens is 1. The van der Waals surface area contributed by atoms with Crippen LogP contribution in [0.4, 0.5) is 10.1 Å². The number of nitrogen functional groups attached to an aromatic ring is 1. The van der Waals surface area contributed by atoms with E-state index in [-0.39, 0.29) is 5.82 Å². The van der Waals surface area contributed by atoms with Crippen molar-refractivity contribution in [2.75, 3.05) is 5.73 Å². The second-order valence-electron chi connectivity index (χ2n) is 4.53. The highest BCUT2D eigenvalue weighted by Crippen LogP contribution is 2.32. The van der Waals surface area contributed by atoms with Gasteiger partial charge in [0, 0.05) is 22.7 Å². The van der Waals surface area contributed by atoms with Crippen LogP contribution in [0.1, 0.15) is 0 Å². The third kappa shape index (κ3) is 1.58. The molecule has 0 saturated heterocycles. The summed E-state index contributed by atoms with van der Waals surface area (Å²) in [5.41, 5.74) is 10.6. The van der Waals surface area contributed by atoms with Crippen LogP contribution >= 0.6 is 11.3 Å². The van der Waals surface area contributed by atoms with Crippen LogP contribution in [-0.4, -0.2) is 15.2 Å². The molecule has 0 unspecified atom stereocenters. The lowest BCUT2D eigenvalue weighted by Gasteiger charge is -2.01. The van der Waals surface area contributed by atoms with Crippen LogP contribution in [0.25, 0.3) is 32.4 Å². The van der Waals surface area contributed by atoms with Crippen LogP contribution in [0.3, 0.4) is 0 Å². The molecule has 0 atom stereocenters. The molecule has 2 heterocycles. The Balaban J connectivity index is 2.04. The molecule has 0 aliphatic heterocycles. The third-order valence-electron chi connectivity index (χ3n) is 3.26. The van der Waals surface area contributed by atoms with E-state index in [4.69, 9.17) is 5.73 Å². The van der Waals surface area contributed by atoms with Crippen molar-refractivity contribution in [3.05, 3.63) is 41.7 Å². The molecule has 0 aliphatic rings. The minimum absolute atomic E-state index is 0.334. The van der Waals surface area contributed by atoms with Gasteiger partial charge in [0.15, 0.2) is 0 Å². The van der Waals surface area contributed by atoms with Crippen molar-refractivity contribution in [3.63, 3.8) is 0 Å². The lowest BCUT2D eigenvalue weighted by molar-refractivity contribution is 0.632. The standard InChI is InChI=1S/C14H9FN4S/c15-10-5-12-13(20-6-17-12)4-8(10)14-9-3-7(16)1-2-11(9)18-19-14/h1-6H,16H2,(H,18,19). The lowest BCUT2D eigenvalue weighted by Crippen LogP contribution is -1.87. The second kappa shape index (κ2) is 4.01. The molecule has 0 bridgehead atoms. The van der Waals surface area contributed by atoms with E-state index >= 15 is 0 Å². The van der Waals surface area contributed by atoms with Gasteiger partial charge in [-0.2, -0.15) is 5.10 Å². The molecule has 4 aromatic rings. The number of rotatable bonds is 1. The third-order valence-corrected chi connectivity index (χ3v) is 4.05. The number of nitrogens with one attached hydrogen (secondary N) is 1. The summed E-state index contributed by atoms with van der Waals surface area (Å²) < 4.78 is 15.2. The number of hydrogen-bond acceptors (Lipinski definition) is 4. The van der Waals surface area contributed by atoms with Crippen LogP contribution in [0.5, 0.6) is 0 Å². The van der Waals surface area contributed by atoms with Crippen molar-refractivity contribution >= 4 is 38.1 Å². The number of nitrogens with two attached hydrogens (primary N) is 1. The fourth-order valence-corrected chi connectivity index (χ4v) is 2.99. The average molecular weight is 284 g/mol. The number of fused-ring (bicyclic) bond motifs is 2. The van der Waals surface area contributed by atoms with Crippen LogP contribution in [-0.2, 0) is 0 Å². The minimum atomic E-state index is -0.334. The topological polar surface area (TPSA) is 67.6 Å². The zero-order valence-electron chi connectivity index (χ0n) is 10.2. The minimum Gasteiger partial charge on any atom is -0.399 e. The molecule has 4 rings (SSSR count). The predicted octanol–water partition coefficient (Wildman–Crippen LogP) is 3.56. The molecule has 0 saturated carbocycles. The van der Waals surface area contributed by atoms with Gasteiger partial charge in [-0.15, -0.1) is 11.3 Å². The van der Waals surface area contributed by atoms with Gasteiger partial charge in [-0.25, -0.2) is 9.37 Å². The van der Waals surface area contributed by atoms with E-state index in [1.165, 1.54) is 17.4 Å². The Kier molecular flexibility index (Phi) is 2.28. The summed E-state index contributed by atoms with van der Waals surface area (Å²) in [6.07, 6.45) is 0. The molecule has 4 nitrogen and oxygen atoms in total. The number of anilines is 1. The molecule has 2 aromatic carbocycles. The van der Waals surface area contributed by atoms with Gasteiger partial charge in [-0.3, -0.25) is 5.10 Å². The number of benzene rings is 2. The molecule has 2 aromatic heterocycles. The van der Waals surface area contributed by atoms with Gasteiger partial charge in [0.1, 0.15) is 11.5 Å². The molecule has 98 valence electrons. The van der Waals surface area contributed by atoms with E-state index in [0.29, 0.717) is 22.5 Å². The van der Waals surface area contributed by atoms with Gasteiger partial charge in [0.25, 0.3) is 0 Å². The van der Waals surface area contributed by atoms with E-state index in [1.54, 1.807) is 23.7 Å². The Bertz CT molecular complexity index is 941. The first-order valence-electron chi connectivity index (χ1n) is 5.99. The number of aromatic amines is 1. The van der Waals surface area contributed by atoms with Crippen LogP contribution in [0.2, 0.25) is 0 Å². The molecule has 20 heavy (non-hydrogen) atoms. The highest BCUT2D eigenvalue weighted by molar-refractivity contribution is 7.16. The second-order valence-corrected chi connectivity index (χ2v) is 5.42. The molecule has 3 N–H and O–H groups in total.